The number of hydrogen-bond acceptors (Lipinski definition) is 5. The van der Waals surface area contributed by atoms with Crippen LogP contribution >= 0.6 is 0 Å². The van der Waals surface area contributed by atoms with Gasteiger partial charge < -0.3 is 10.1 Å². The van der Waals surface area contributed by atoms with Crippen molar-refractivity contribution in [2.45, 2.75) is 26.8 Å². The number of aryl methyl sites for hydroxylation is 2. The number of nitrogens with zero attached hydrogens (tertiary/aromatic N) is 3. The molecule has 0 unspecified atom stereocenters. The normalized spacial score (nSPS) is 10.9. The van der Waals surface area contributed by atoms with Gasteiger partial charge in [0, 0.05) is 31.7 Å². The molecule has 0 amide bonds. The molecule has 2 aromatic rings. The highest BCUT2D eigenvalue weighted by Crippen LogP contribution is 2.16. The Hall–Kier alpha value is -1.95. The number of aromatic nitrogens is 3. The van der Waals surface area contributed by atoms with Crippen molar-refractivity contribution in [2.75, 3.05) is 13.2 Å². The van der Waals surface area contributed by atoms with Crippen LogP contribution in [0.1, 0.15) is 24.6 Å². The van der Waals surface area contributed by atoms with Crippen LogP contribution in [0.5, 0.6) is 0 Å². The van der Waals surface area contributed by atoms with Crippen molar-refractivity contribution < 1.29 is 9.53 Å². The second-order valence-corrected chi connectivity index (χ2v) is 4.66. The van der Waals surface area contributed by atoms with Crippen LogP contribution in [0.15, 0.2) is 12.3 Å². The molecule has 2 aromatic heterocycles. The molecule has 0 aliphatic heterocycles. The molecule has 0 saturated carbocycles. The van der Waals surface area contributed by atoms with Crippen molar-refractivity contribution in [3.8, 4) is 0 Å². The zero-order valence-electron chi connectivity index (χ0n) is 12.1. The Labute approximate surface area is 118 Å². The van der Waals surface area contributed by atoms with Gasteiger partial charge in [0.25, 0.3) is 0 Å². The summed E-state index contributed by atoms with van der Waals surface area (Å²) in [5, 5.41) is 8.62. The molecule has 2 rings (SSSR count). The smallest absolute Gasteiger partial charge is 0.307 e. The third-order valence-electron chi connectivity index (χ3n) is 3.06. The number of ether oxygens (including phenoxy) is 1. The maximum absolute atomic E-state index is 11.2. The van der Waals surface area contributed by atoms with E-state index >= 15 is 0 Å². The van der Waals surface area contributed by atoms with Gasteiger partial charge >= 0.3 is 5.97 Å². The van der Waals surface area contributed by atoms with Crippen LogP contribution in [0.25, 0.3) is 11.0 Å². The van der Waals surface area contributed by atoms with Gasteiger partial charge in [-0.1, -0.05) is 0 Å². The summed E-state index contributed by atoms with van der Waals surface area (Å²) in [7, 11) is 1.89. The lowest BCUT2D eigenvalue weighted by Crippen LogP contribution is -2.19. The number of pyridine rings is 1. The molecule has 1 N–H and O–H groups in total. The Kier molecular flexibility index (Phi) is 4.68. The number of carbonyl (C=O) groups is 1. The minimum absolute atomic E-state index is 0.170. The van der Waals surface area contributed by atoms with Crippen molar-refractivity contribution in [2.24, 2.45) is 7.05 Å². The van der Waals surface area contributed by atoms with E-state index in [0.717, 1.165) is 22.3 Å². The molecule has 0 aliphatic rings. The SMILES string of the molecule is CCOC(=O)CCNCc1cnc2c(c1)c(C)nn2C. The lowest BCUT2D eigenvalue weighted by atomic mass is 10.2. The molecule has 0 bridgehead atoms. The Morgan fingerprint density at radius 2 is 2.30 bits per heavy atom. The fourth-order valence-corrected chi connectivity index (χ4v) is 2.10. The fourth-order valence-electron chi connectivity index (χ4n) is 2.10. The summed E-state index contributed by atoms with van der Waals surface area (Å²) in [6, 6.07) is 2.09. The van der Waals surface area contributed by atoms with E-state index in [2.05, 4.69) is 21.5 Å². The van der Waals surface area contributed by atoms with Gasteiger partial charge in [0.05, 0.1) is 18.7 Å². The largest absolute Gasteiger partial charge is 0.466 e. The molecule has 0 aromatic carbocycles. The van der Waals surface area contributed by atoms with Crippen LogP contribution in [0.4, 0.5) is 0 Å². The molecule has 0 aliphatic carbocycles. The highest BCUT2D eigenvalue weighted by atomic mass is 16.5. The Morgan fingerprint density at radius 3 is 3.05 bits per heavy atom. The van der Waals surface area contributed by atoms with Gasteiger partial charge in [-0.25, -0.2) is 4.98 Å². The first-order chi connectivity index (χ1) is 9.61. The monoisotopic (exact) mass is 276 g/mol. The molecule has 0 atom stereocenters. The summed E-state index contributed by atoms with van der Waals surface area (Å²) >= 11 is 0. The van der Waals surface area contributed by atoms with E-state index in [-0.39, 0.29) is 5.97 Å². The Balaban J connectivity index is 1.90. The molecule has 0 spiro atoms. The van der Waals surface area contributed by atoms with Crippen LogP contribution in [-0.2, 0) is 23.1 Å². The predicted octanol–water partition coefficient (Wildman–Crippen LogP) is 1.32. The third-order valence-corrected chi connectivity index (χ3v) is 3.06. The van der Waals surface area contributed by atoms with Crippen LogP contribution in [-0.4, -0.2) is 33.9 Å². The molecule has 2 heterocycles. The third kappa shape index (κ3) is 3.33. The maximum atomic E-state index is 11.2. The zero-order valence-corrected chi connectivity index (χ0v) is 12.1. The maximum Gasteiger partial charge on any atom is 0.307 e. The van der Waals surface area contributed by atoms with Gasteiger partial charge in [-0.05, 0) is 25.5 Å². The van der Waals surface area contributed by atoms with E-state index in [0.29, 0.717) is 26.1 Å². The predicted molar refractivity (Wildman–Crippen MR) is 76.2 cm³/mol. The number of hydrogen-bond donors (Lipinski definition) is 1. The molecule has 108 valence electrons. The lowest BCUT2D eigenvalue weighted by molar-refractivity contribution is -0.142. The lowest BCUT2D eigenvalue weighted by Gasteiger charge is -2.05. The molecule has 6 heteroatoms. The average molecular weight is 276 g/mol. The first kappa shape index (κ1) is 14.5. The standard InChI is InChI=1S/C14H20N4O2/c1-4-20-13(19)5-6-15-8-11-7-12-10(2)17-18(3)14(12)16-9-11/h7,9,15H,4-6,8H2,1-3H3. The van der Waals surface area contributed by atoms with E-state index in [1.54, 1.807) is 4.68 Å². The van der Waals surface area contributed by atoms with Crippen LogP contribution in [0.3, 0.4) is 0 Å². The van der Waals surface area contributed by atoms with E-state index < -0.39 is 0 Å². The molecule has 20 heavy (non-hydrogen) atoms. The summed E-state index contributed by atoms with van der Waals surface area (Å²) in [5.41, 5.74) is 2.94. The molecule has 0 radical (unpaired) electrons. The summed E-state index contributed by atoms with van der Waals surface area (Å²) < 4.78 is 6.65. The fraction of sp³-hybridized carbons (Fsp3) is 0.500. The van der Waals surface area contributed by atoms with Crippen molar-refractivity contribution in [3.05, 3.63) is 23.5 Å². The quantitative estimate of drug-likeness (QED) is 0.636. The summed E-state index contributed by atoms with van der Waals surface area (Å²) in [5.74, 6) is -0.170. The van der Waals surface area contributed by atoms with Crippen molar-refractivity contribution in [1.82, 2.24) is 20.1 Å². The minimum Gasteiger partial charge on any atom is -0.466 e. The topological polar surface area (TPSA) is 69.0 Å². The summed E-state index contributed by atoms with van der Waals surface area (Å²) in [6.07, 6.45) is 2.22. The highest BCUT2D eigenvalue weighted by Gasteiger charge is 2.07. The van der Waals surface area contributed by atoms with Crippen molar-refractivity contribution in [3.63, 3.8) is 0 Å². The van der Waals surface area contributed by atoms with Crippen molar-refractivity contribution >= 4 is 17.0 Å². The zero-order chi connectivity index (χ0) is 14.5. The van der Waals surface area contributed by atoms with Gasteiger partial charge in [-0.15, -0.1) is 0 Å². The number of carbonyl (C=O) groups excluding carboxylic acids is 1. The van der Waals surface area contributed by atoms with E-state index in [4.69, 9.17) is 4.74 Å². The van der Waals surface area contributed by atoms with Gasteiger partial charge in [-0.3, -0.25) is 9.48 Å². The van der Waals surface area contributed by atoms with Crippen LogP contribution in [0.2, 0.25) is 0 Å². The van der Waals surface area contributed by atoms with E-state index in [1.807, 2.05) is 27.1 Å². The van der Waals surface area contributed by atoms with E-state index in [1.165, 1.54) is 0 Å². The average Bonchev–Trinajstić information content (AvgIpc) is 2.70. The molecule has 0 fully saturated rings. The van der Waals surface area contributed by atoms with Crippen LogP contribution in [0, 0.1) is 6.92 Å². The van der Waals surface area contributed by atoms with Gasteiger partial charge in [-0.2, -0.15) is 5.10 Å². The number of rotatable bonds is 6. The Bertz CT molecular complexity index is 606. The highest BCUT2D eigenvalue weighted by molar-refractivity contribution is 5.78. The second-order valence-electron chi connectivity index (χ2n) is 4.66. The molecule has 6 nitrogen and oxygen atoms in total. The second kappa shape index (κ2) is 6.47. The number of esters is 1. The van der Waals surface area contributed by atoms with Crippen LogP contribution < -0.4 is 5.32 Å². The number of fused-ring (bicyclic) bond motifs is 1. The van der Waals surface area contributed by atoms with Crippen molar-refractivity contribution in [1.29, 1.82) is 0 Å². The van der Waals surface area contributed by atoms with Gasteiger partial charge in [0.1, 0.15) is 0 Å². The molecular formula is C14H20N4O2. The molecular weight excluding hydrogens is 256 g/mol. The van der Waals surface area contributed by atoms with E-state index in [9.17, 15) is 4.79 Å². The molecule has 0 saturated heterocycles. The first-order valence-electron chi connectivity index (χ1n) is 6.76. The van der Waals surface area contributed by atoms with Gasteiger partial charge in [0.15, 0.2) is 5.65 Å². The Morgan fingerprint density at radius 1 is 1.50 bits per heavy atom. The first-order valence-corrected chi connectivity index (χ1v) is 6.76. The summed E-state index contributed by atoms with van der Waals surface area (Å²) in [4.78, 5) is 15.6. The minimum atomic E-state index is -0.170. The summed E-state index contributed by atoms with van der Waals surface area (Å²) in [6.45, 7) is 5.49. The van der Waals surface area contributed by atoms with Gasteiger partial charge in [0.2, 0.25) is 0 Å². The number of nitrogens with one attached hydrogen (secondary N) is 1.